The molecule has 1 aromatic carbocycles. The van der Waals surface area contributed by atoms with Crippen molar-refractivity contribution in [1.82, 2.24) is 9.97 Å². The van der Waals surface area contributed by atoms with Crippen molar-refractivity contribution in [2.75, 3.05) is 30.0 Å². The number of nitrogen functional groups attached to an aromatic ring is 1. The lowest BCUT2D eigenvalue weighted by atomic mass is 9.84. The van der Waals surface area contributed by atoms with Crippen LogP contribution in [0.2, 0.25) is 15.1 Å². The average molecular weight is 583 g/mol. The molecule has 2 aromatic heterocycles. The van der Waals surface area contributed by atoms with Crippen LogP contribution in [0.4, 0.5) is 11.5 Å². The van der Waals surface area contributed by atoms with Gasteiger partial charge in [0, 0.05) is 60.3 Å². The lowest BCUT2D eigenvalue weighted by Crippen LogP contribution is -2.53. The molecule has 1 fully saturated rings. The van der Waals surface area contributed by atoms with Crippen LogP contribution in [0, 0.1) is 10.8 Å². The Kier molecular flexibility index (Phi) is 7.38. The van der Waals surface area contributed by atoms with Gasteiger partial charge in [0.05, 0.1) is 20.8 Å². The molecular formula is C25H26Cl3N5O3S. The normalized spacial score (nSPS) is 15.7. The Morgan fingerprint density at radius 2 is 1.73 bits per heavy atom. The molecular weight excluding hydrogens is 557 g/mol. The van der Waals surface area contributed by atoms with Gasteiger partial charge in [0.2, 0.25) is 0 Å². The van der Waals surface area contributed by atoms with Crippen LogP contribution in [0.5, 0.6) is 5.75 Å². The monoisotopic (exact) mass is 581 g/mol. The molecule has 4 rings (SSSR count). The van der Waals surface area contributed by atoms with Gasteiger partial charge < -0.3 is 15.4 Å². The number of pyridine rings is 2. The molecule has 0 saturated carbocycles. The third kappa shape index (κ3) is 5.65. The van der Waals surface area contributed by atoms with Gasteiger partial charge in [0.25, 0.3) is 0 Å². The number of nitrogens with zero attached hydrogens (tertiary/aromatic N) is 3. The first-order chi connectivity index (χ1) is 17.2. The molecule has 3 heterocycles. The van der Waals surface area contributed by atoms with Crippen molar-refractivity contribution >= 4 is 61.9 Å². The van der Waals surface area contributed by atoms with Crippen molar-refractivity contribution in [3.63, 3.8) is 0 Å². The summed E-state index contributed by atoms with van der Waals surface area (Å²) < 4.78 is 31.3. The first-order valence-electron chi connectivity index (χ1n) is 11.3. The molecule has 0 unspecified atom stereocenters. The van der Waals surface area contributed by atoms with Crippen LogP contribution in [-0.4, -0.2) is 43.4 Å². The van der Waals surface area contributed by atoms with Crippen LogP contribution in [0.1, 0.15) is 43.6 Å². The first kappa shape index (κ1) is 27.4. The predicted octanol–water partition coefficient (Wildman–Crippen LogP) is 5.82. The quantitative estimate of drug-likeness (QED) is 0.266. The summed E-state index contributed by atoms with van der Waals surface area (Å²) in [6, 6.07) is 4.47. The summed E-state index contributed by atoms with van der Waals surface area (Å²) >= 11 is 18.9. The van der Waals surface area contributed by atoms with E-state index in [1.165, 1.54) is 36.8 Å². The van der Waals surface area contributed by atoms with E-state index in [0.29, 0.717) is 40.1 Å². The summed E-state index contributed by atoms with van der Waals surface area (Å²) in [5.41, 5.74) is 7.61. The minimum absolute atomic E-state index is 0.0282. The van der Waals surface area contributed by atoms with Gasteiger partial charge in [-0.15, -0.1) is 0 Å². The van der Waals surface area contributed by atoms with Gasteiger partial charge in [-0.25, -0.2) is 13.4 Å². The van der Waals surface area contributed by atoms with Crippen LogP contribution in [0.3, 0.4) is 0 Å². The second kappa shape index (κ2) is 9.94. The molecule has 37 heavy (non-hydrogen) atoms. The molecule has 1 atom stereocenters. The highest BCUT2D eigenvalue weighted by Crippen LogP contribution is 2.39. The van der Waals surface area contributed by atoms with E-state index in [2.05, 4.69) is 23.8 Å². The number of hydrogen-bond acceptors (Lipinski definition) is 8. The van der Waals surface area contributed by atoms with Gasteiger partial charge in [0.15, 0.2) is 9.84 Å². The van der Waals surface area contributed by atoms with Gasteiger partial charge in [-0.2, -0.15) is 0 Å². The second-order valence-electron chi connectivity index (χ2n) is 9.86. The van der Waals surface area contributed by atoms with Gasteiger partial charge in [-0.1, -0.05) is 48.7 Å². The van der Waals surface area contributed by atoms with E-state index in [-0.39, 0.29) is 38.0 Å². The molecule has 0 bridgehead atoms. The van der Waals surface area contributed by atoms with E-state index in [1.807, 2.05) is 4.90 Å². The molecule has 1 aliphatic heterocycles. The number of rotatable bonds is 7. The van der Waals surface area contributed by atoms with Crippen LogP contribution >= 0.6 is 34.8 Å². The molecule has 8 nitrogen and oxygen atoms in total. The van der Waals surface area contributed by atoms with Crippen LogP contribution < -0.4 is 15.4 Å². The molecule has 3 aromatic rings. The fraction of sp³-hybridized carbons (Fsp3) is 0.320. The minimum Gasteiger partial charge on any atom is -0.484 e. The maximum absolute atomic E-state index is 12.6. The fourth-order valence-electron chi connectivity index (χ4n) is 4.31. The SMILES string of the molecule is C[C@@H](Oc1cc(C(=N)c2cnc(N3CC(C)(C)C3)c(S(C)(=O)=O)c2)c(N)cc1Cl)c1c(Cl)cncc1Cl. The summed E-state index contributed by atoms with van der Waals surface area (Å²) in [4.78, 5) is 10.4. The Morgan fingerprint density at radius 1 is 1.11 bits per heavy atom. The molecule has 12 heteroatoms. The largest absolute Gasteiger partial charge is 0.484 e. The Hall–Kier alpha value is -2.59. The number of halogens is 3. The highest BCUT2D eigenvalue weighted by Gasteiger charge is 2.37. The minimum atomic E-state index is -3.62. The topological polar surface area (TPSA) is 122 Å². The lowest BCUT2D eigenvalue weighted by Gasteiger charge is -2.47. The summed E-state index contributed by atoms with van der Waals surface area (Å²) in [7, 11) is -3.62. The van der Waals surface area contributed by atoms with Crippen molar-refractivity contribution in [2.24, 2.45) is 5.41 Å². The second-order valence-corrected chi connectivity index (χ2v) is 13.1. The molecule has 0 spiro atoms. The van der Waals surface area contributed by atoms with E-state index in [9.17, 15) is 8.42 Å². The molecule has 0 radical (unpaired) electrons. The maximum Gasteiger partial charge on any atom is 0.179 e. The number of aromatic nitrogens is 2. The van der Waals surface area contributed by atoms with Crippen LogP contribution in [0.15, 0.2) is 41.7 Å². The number of benzene rings is 1. The molecule has 1 saturated heterocycles. The maximum atomic E-state index is 12.6. The third-order valence-electron chi connectivity index (χ3n) is 6.03. The smallest absolute Gasteiger partial charge is 0.179 e. The Bertz CT molecular complexity index is 1480. The number of ether oxygens (including phenoxy) is 1. The van der Waals surface area contributed by atoms with Gasteiger partial charge in [-0.3, -0.25) is 10.4 Å². The molecule has 0 aliphatic carbocycles. The fourth-order valence-corrected chi connectivity index (χ4v) is 6.05. The van der Waals surface area contributed by atoms with Crippen molar-refractivity contribution in [3.8, 4) is 5.75 Å². The van der Waals surface area contributed by atoms with Gasteiger partial charge >= 0.3 is 0 Å². The zero-order valence-electron chi connectivity index (χ0n) is 20.6. The van der Waals surface area contributed by atoms with Crippen LogP contribution in [0.25, 0.3) is 0 Å². The zero-order valence-corrected chi connectivity index (χ0v) is 23.7. The van der Waals surface area contributed by atoms with E-state index in [4.69, 9.17) is 50.7 Å². The molecule has 3 N–H and O–H groups in total. The highest BCUT2D eigenvalue weighted by atomic mass is 35.5. The number of hydrogen-bond donors (Lipinski definition) is 2. The van der Waals surface area contributed by atoms with Crippen LogP contribution in [-0.2, 0) is 9.84 Å². The summed E-state index contributed by atoms with van der Waals surface area (Å²) in [6.45, 7) is 7.34. The standard InChI is InChI=1S/C25H26Cl3N5O3S/c1-13(22-17(27)9-31-10-18(22)28)36-20-6-15(19(29)7-16(20)26)23(30)14-5-21(37(4,34)35)24(32-8-14)33-11-25(2,3)12-33/h5-10,13,30H,11-12,29H2,1-4H3/t13-/m1/s1. The first-order valence-corrected chi connectivity index (χ1v) is 14.3. The molecule has 0 amide bonds. The Balaban J connectivity index is 1.69. The third-order valence-corrected chi connectivity index (χ3v) is 8.03. The van der Waals surface area contributed by atoms with Crippen molar-refractivity contribution in [2.45, 2.75) is 31.8 Å². The van der Waals surface area contributed by atoms with E-state index < -0.39 is 15.9 Å². The summed E-state index contributed by atoms with van der Waals surface area (Å²) in [5, 5.41) is 9.72. The predicted molar refractivity (Wildman–Crippen MR) is 148 cm³/mol. The number of sulfone groups is 1. The lowest BCUT2D eigenvalue weighted by molar-refractivity contribution is 0.227. The number of nitrogens with two attached hydrogens (primary N) is 1. The van der Waals surface area contributed by atoms with Crippen molar-refractivity contribution in [3.05, 3.63) is 68.5 Å². The molecule has 1 aliphatic rings. The number of nitrogens with one attached hydrogen (secondary N) is 1. The van der Waals surface area contributed by atoms with Gasteiger partial charge in [0.1, 0.15) is 22.6 Å². The molecule has 196 valence electrons. The van der Waals surface area contributed by atoms with E-state index >= 15 is 0 Å². The zero-order chi connectivity index (χ0) is 27.3. The average Bonchev–Trinajstić information content (AvgIpc) is 2.77. The Morgan fingerprint density at radius 3 is 2.30 bits per heavy atom. The van der Waals surface area contributed by atoms with Crippen molar-refractivity contribution in [1.29, 1.82) is 5.41 Å². The van der Waals surface area contributed by atoms with E-state index in [0.717, 1.165) is 6.26 Å². The number of anilines is 2. The highest BCUT2D eigenvalue weighted by molar-refractivity contribution is 7.90. The summed E-state index contributed by atoms with van der Waals surface area (Å²) in [6.07, 6.45) is 4.94. The van der Waals surface area contributed by atoms with Crippen molar-refractivity contribution < 1.29 is 13.2 Å². The summed E-state index contributed by atoms with van der Waals surface area (Å²) in [5.74, 6) is 0.634. The van der Waals surface area contributed by atoms with Gasteiger partial charge in [-0.05, 0) is 30.5 Å². The Labute approximate surface area is 231 Å². The van der Waals surface area contributed by atoms with E-state index in [1.54, 1.807) is 6.92 Å².